The standard InChI is InChI=1S/C13H18N4O/c1-13(2,3)17-11(18)8-14-12-15-9-6-4-5-7-10(9)16-12/h4-7H,8H2,1-3H3,(H,17,18)(H2,14,15,16). The summed E-state index contributed by atoms with van der Waals surface area (Å²) in [7, 11) is 0. The lowest BCUT2D eigenvalue weighted by atomic mass is 10.1. The first-order valence-corrected chi connectivity index (χ1v) is 5.94. The SMILES string of the molecule is CC(C)(C)NC(=O)CNc1nc2ccccc2[nH]1. The van der Waals surface area contributed by atoms with E-state index in [-0.39, 0.29) is 18.0 Å². The van der Waals surface area contributed by atoms with Gasteiger partial charge in [-0.2, -0.15) is 0 Å². The number of aromatic amines is 1. The Bertz CT molecular complexity index is 520. The first-order valence-electron chi connectivity index (χ1n) is 5.94. The molecule has 0 aliphatic carbocycles. The van der Waals surface area contributed by atoms with Crippen LogP contribution in [-0.4, -0.2) is 28.0 Å². The number of fused-ring (bicyclic) bond motifs is 1. The Balaban J connectivity index is 1.96. The van der Waals surface area contributed by atoms with Crippen LogP contribution in [0.5, 0.6) is 0 Å². The second-order valence-electron chi connectivity index (χ2n) is 5.25. The van der Waals surface area contributed by atoms with Crippen LogP contribution >= 0.6 is 0 Å². The van der Waals surface area contributed by atoms with Crippen molar-refractivity contribution in [2.45, 2.75) is 26.3 Å². The van der Waals surface area contributed by atoms with Crippen molar-refractivity contribution < 1.29 is 4.79 Å². The molecule has 1 aromatic carbocycles. The predicted octanol–water partition coefficient (Wildman–Crippen LogP) is 1.89. The zero-order chi connectivity index (χ0) is 13.2. The van der Waals surface area contributed by atoms with Gasteiger partial charge < -0.3 is 15.6 Å². The van der Waals surface area contributed by atoms with Gasteiger partial charge in [0.2, 0.25) is 11.9 Å². The first-order chi connectivity index (χ1) is 8.44. The van der Waals surface area contributed by atoms with Crippen molar-refractivity contribution in [2.75, 3.05) is 11.9 Å². The molecule has 0 fully saturated rings. The second kappa shape index (κ2) is 4.68. The molecule has 0 aliphatic rings. The van der Waals surface area contributed by atoms with E-state index >= 15 is 0 Å². The topological polar surface area (TPSA) is 69.8 Å². The molecule has 0 radical (unpaired) electrons. The van der Waals surface area contributed by atoms with Gasteiger partial charge in [0, 0.05) is 5.54 Å². The molecule has 0 saturated heterocycles. The Labute approximate surface area is 106 Å². The van der Waals surface area contributed by atoms with E-state index in [2.05, 4.69) is 20.6 Å². The van der Waals surface area contributed by atoms with Crippen LogP contribution in [-0.2, 0) is 4.79 Å². The van der Waals surface area contributed by atoms with Gasteiger partial charge in [0.15, 0.2) is 0 Å². The highest BCUT2D eigenvalue weighted by atomic mass is 16.2. The minimum Gasteiger partial charge on any atom is -0.350 e. The number of nitrogens with zero attached hydrogens (tertiary/aromatic N) is 1. The lowest BCUT2D eigenvalue weighted by Crippen LogP contribution is -2.43. The van der Waals surface area contributed by atoms with Crippen molar-refractivity contribution >= 4 is 22.9 Å². The van der Waals surface area contributed by atoms with E-state index in [0.29, 0.717) is 5.95 Å². The third-order valence-corrected chi connectivity index (χ3v) is 2.32. The molecular weight excluding hydrogens is 228 g/mol. The molecular formula is C13H18N4O. The van der Waals surface area contributed by atoms with Crippen molar-refractivity contribution in [1.29, 1.82) is 0 Å². The van der Waals surface area contributed by atoms with Crippen LogP contribution < -0.4 is 10.6 Å². The molecule has 2 rings (SSSR count). The van der Waals surface area contributed by atoms with E-state index in [0.717, 1.165) is 11.0 Å². The summed E-state index contributed by atoms with van der Waals surface area (Å²) in [6.45, 7) is 6.06. The Morgan fingerprint density at radius 1 is 1.33 bits per heavy atom. The Hall–Kier alpha value is -2.04. The average Bonchev–Trinajstić information content (AvgIpc) is 2.66. The van der Waals surface area contributed by atoms with E-state index in [9.17, 15) is 4.79 Å². The van der Waals surface area contributed by atoms with E-state index in [4.69, 9.17) is 0 Å². The highest BCUT2D eigenvalue weighted by Crippen LogP contribution is 2.12. The maximum atomic E-state index is 11.6. The van der Waals surface area contributed by atoms with Crippen molar-refractivity contribution in [2.24, 2.45) is 0 Å². The number of carbonyl (C=O) groups is 1. The Morgan fingerprint density at radius 2 is 2.06 bits per heavy atom. The number of amides is 1. The number of imidazole rings is 1. The van der Waals surface area contributed by atoms with Gasteiger partial charge in [-0.05, 0) is 32.9 Å². The van der Waals surface area contributed by atoms with Gasteiger partial charge in [-0.15, -0.1) is 0 Å². The molecule has 2 aromatic rings. The third-order valence-electron chi connectivity index (χ3n) is 2.32. The summed E-state index contributed by atoms with van der Waals surface area (Å²) in [5.41, 5.74) is 1.62. The van der Waals surface area contributed by atoms with Crippen molar-refractivity contribution in [3.63, 3.8) is 0 Å². The monoisotopic (exact) mass is 246 g/mol. The van der Waals surface area contributed by atoms with Crippen LogP contribution in [0, 0.1) is 0 Å². The number of nitrogens with one attached hydrogen (secondary N) is 3. The quantitative estimate of drug-likeness (QED) is 0.774. The highest BCUT2D eigenvalue weighted by Gasteiger charge is 2.13. The minimum absolute atomic E-state index is 0.0528. The van der Waals surface area contributed by atoms with Crippen molar-refractivity contribution in [3.8, 4) is 0 Å². The van der Waals surface area contributed by atoms with Crippen LogP contribution in [0.1, 0.15) is 20.8 Å². The normalized spacial score (nSPS) is 11.5. The smallest absolute Gasteiger partial charge is 0.239 e. The van der Waals surface area contributed by atoms with Crippen LogP contribution in [0.4, 0.5) is 5.95 Å². The molecule has 0 unspecified atom stereocenters. The fourth-order valence-electron chi connectivity index (χ4n) is 1.66. The molecule has 0 bridgehead atoms. The summed E-state index contributed by atoms with van der Waals surface area (Å²) >= 11 is 0. The average molecular weight is 246 g/mol. The molecule has 0 atom stereocenters. The van der Waals surface area contributed by atoms with Gasteiger partial charge in [0.25, 0.3) is 0 Å². The molecule has 0 saturated carbocycles. The second-order valence-corrected chi connectivity index (χ2v) is 5.25. The van der Waals surface area contributed by atoms with Crippen LogP contribution in [0.3, 0.4) is 0 Å². The van der Waals surface area contributed by atoms with Gasteiger partial charge in [-0.25, -0.2) is 4.98 Å². The third kappa shape index (κ3) is 3.23. The molecule has 1 heterocycles. The molecule has 5 nitrogen and oxygen atoms in total. The predicted molar refractivity (Wildman–Crippen MR) is 72.5 cm³/mol. The number of benzene rings is 1. The summed E-state index contributed by atoms with van der Waals surface area (Å²) in [6.07, 6.45) is 0. The van der Waals surface area contributed by atoms with Gasteiger partial charge in [-0.3, -0.25) is 4.79 Å². The summed E-state index contributed by atoms with van der Waals surface area (Å²) < 4.78 is 0. The number of carbonyl (C=O) groups excluding carboxylic acids is 1. The number of para-hydroxylation sites is 2. The summed E-state index contributed by atoms with van der Waals surface area (Å²) in [5.74, 6) is 0.559. The zero-order valence-corrected chi connectivity index (χ0v) is 10.9. The lowest BCUT2D eigenvalue weighted by molar-refractivity contribution is -0.120. The van der Waals surface area contributed by atoms with Gasteiger partial charge in [0.1, 0.15) is 0 Å². The molecule has 96 valence electrons. The Kier molecular flexibility index (Phi) is 3.23. The van der Waals surface area contributed by atoms with Crippen molar-refractivity contribution in [3.05, 3.63) is 24.3 Å². The van der Waals surface area contributed by atoms with Crippen molar-refractivity contribution in [1.82, 2.24) is 15.3 Å². The fourth-order valence-corrected chi connectivity index (χ4v) is 1.66. The molecule has 0 spiro atoms. The van der Waals surface area contributed by atoms with Gasteiger partial charge >= 0.3 is 0 Å². The zero-order valence-electron chi connectivity index (χ0n) is 10.9. The number of H-pyrrole nitrogens is 1. The lowest BCUT2D eigenvalue weighted by Gasteiger charge is -2.20. The molecule has 1 aromatic heterocycles. The molecule has 3 N–H and O–H groups in total. The minimum atomic E-state index is -0.216. The van der Waals surface area contributed by atoms with E-state index in [1.807, 2.05) is 45.0 Å². The van der Waals surface area contributed by atoms with Crippen LogP contribution in [0.25, 0.3) is 11.0 Å². The maximum Gasteiger partial charge on any atom is 0.239 e. The van der Waals surface area contributed by atoms with Crippen LogP contribution in [0.2, 0.25) is 0 Å². The molecule has 1 amide bonds. The molecule has 5 heteroatoms. The summed E-state index contributed by atoms with van der Waals surface area (Å²) in [6, 6.07) is 7.74. The first kappa shape index (κ1) is 12.4. The molecule has 18 heavy (non-hydrogen) atoms. The summed E-state index contributed by atoms with van der Waals surface area (Å²) in [5, 5.41) is 5.86. The largest absolute Gasteiger partial charge is 0.350 e. The van der Waals surface area contributed by atoms with Gasteiger partial charge in [-0.1, -0.05) is 12.1 Å². The van der Waals surface area contributed by atoms with E-state index in [1.165, 1.54) is 0 Å². The fraction of sp³-hybridized carbons (Fsp3) is 0.385. The number of anilines is 1. The molecule has 0 aliphatic heterocycles. The van der Waals surface area contributed by atoms with Crippen LogP contribution in [0.15, 0.2) is 24.3 Å². The number of rotatable bonds is 3. The van der Waals surface area contributed by atoms with Gasteiger partial charge in [0.05, 0.1) is 17.6 Å². The number of hydrogen-bond donors (Lipinski definition) is 3. The number of aromatic nitrogens is 2. The highest BCUT2D eigenvalue weighted by molar-refractivity contribution is 5.82. The Morgan fingerprint density at radius 3 is 2.72 bits per heavy atom. The maximum absolute atomic E-state index is 11.6. The number of hydrogen-bond acceptors (Lipinski definition) is 3. The van der Waals surface area contributed by atoms with E-state index in [1.54, 1.807) is 0 Å². The summed E-state index contributed by atoms with van der Waals surface area (Å²) in [4.78, 5) is 19.1. The van der Waals surface area contributed by atoms with E-state index < -0.39 is 0 Å².